The van der Waals surface area contributed by atoms with Crippen LogP contribution in [0.4, 0.5) is 56.3 Å². The number of thioether (sulfide) groups is 1. The molecule has 7 rings (SSSR count). The normalized spacial score (nSPS) is 11.9. The van der Waals surface area contributed by atoms with Crippen LogP contribution in [0.1, 0.15) is 27.7 Å². The molecule has 0 saturated carbocycles. The number of hydrogen-bond acceptors (Lipinski definition) is 21. The van der Waals surface area contributed by atoms with E-state index in [4.69, 9.17) is 47.6 Å². The van der Waals surface area contributed by atoms with E-state index in [9.17, 15) is 18.1 Å². The summed E-state index contributed by atoms with van der Waals surface area (Å²) in [5.74, 6) is 1.67. The summed E-state index contributed by atoms with van der Waals surface area (Å²) in [4.78, 5) is 27.0. The highest BCUT2D eigenvalue weighted by Gasteiger charge is 2.21. The van der Waals surface area contributed by atoms with E-state index in [-0.39, 0.29) is 34.2 Å². The fraction of sp³-hybridized carbons (Fsp3) is 0.293. The molecule has 0 amide bonds. The molecule has 0 atom stereocenters. The van der Waals surface area contributed by atoms with E-state index in [1.165, 1.54) is 35.2 Å². The SMILES string of the molecule is CCN(CC)c1cc(Nc2nc(Nc3cc(N(CC)CC)c(OC)cc3/N=N/c3nc4cc(S(=O)(=O)O)c(Cl)cc4s3)nc(SCCO)n2)c(/N=N/c2nc3ccc(Cl)cc3s2)cc1OC. The van der Waals surface area contributed by atoms with E-state index in [1.807, 2.05) is 52.0 Å². The van der Waals surface area contributed by atoms with Crippen LogP contribution in [0.2, 0.25) is 10.0 Å². The number of fused-ring (bicyclic) bond motifs is 2. The maximum Gasteiger partial charge on any atom is 0.296 e. The number of thiazole rings is 2. The minimum Gasteiger partial charge on any atom is -0.494 e. The predicted octanol–water partition coefficient (Wildman–Crippen LogP) is 11.8. The van der Waals surface area contributed by atoms with Gasteiger partial charge in [-0.05, 0) is 70.2 Å². The molecule has 0 spiro atoms. The number of azo groups is 2. The van der Waals surface area contributed by atoms with E-state index in [0.29, 0.717) is 86.2 Å². The van der Waals surface area contributed by atoms with Crippen molar-refractivity contribution >= 4 is 144 Å². The second kappa shape index (κ2) is 21.4. The molecule has 0 fully saturated rings. The predicted molar refractivity (Wildman–Crippen MR) is 265 cm³/mol. The number of hydrogen-bond donors (Lipinski definition) is 4. The lowest BCUT2D eigenvalue weighted by Gasteiger charge is -2.25. The zero-order valence-electron chi connectivity index (χ0n) is 36.3. The lowest BCUT2D eigenvalue weighted by molar-refractivity contribution is 0.322. The van der Waals surface area contributed by atoms with Gasteiger partial charge in [-0.1, -0.05) is 57.6 Å². The summed E-state index contributed by atoms with van der Waals surface area (Å²) in [7, 11) is -1.44. The van der Waals surface area contributed by atoms with Crippen molar-refractivity contribution in [1.29, 1.82) is 0 Å². The number of rotatable bonds is 20. The molecule has 346 valence electrons. The number of benzene rings is 4. The van der Waals surface area contributed by atoms with Gasteiger partial charge in [-0.3, -0.25) is 4.55 Å². The summed E-state index contributed by atoms with van der Waals surface area (Å²) in [6.07, 6.45) is 0. The van der Waals surface area contributed by atoms with Crippen LogP contribution >= 0.6 is 57.6 Å². The number of nitrogens with zero attached hydrogens (tertiary/aromatic N) is 11. The lowest BCUT2D eigenvalue weighted by Crippen LogP contribution is -2.22. The highest BCUT2D eigenvalue weighted by Crippen LogP contribution is 2.44. The number of aliphatic hydroxyl groups excluding tert-OH is 1. The number of methoxy groups -OCH3 is 2. The quantitative estimate of drug-likeness (QED) is 0.0315. The topological polar surface area (TPSA) is 237 Å². The average molecular weight is 1010 g/mol. The third-order valence-corrected chi connectivity index (χ3v) is 14.0. The standard InChI is InChI=1S/C41H43Cl2N13O6S4/c1-7-55(8-2)30-17-25(27(19-32(30)61-5)51-53-40-46-24-12-11-22(42)15-34(24)64-40)44-37-48-38(50-39(49-37)63-14-13-57)45-26-18-31(56(9-3)10-4)33(62-6)20-28(26)52-54-41-47-29-21-36(66(58,59)60)23(43)16-35(29)65-41/h11-12,15-21,57H,7-10,13-14H2,1-6H3,(H,58,59,60)(H2,44,45,48,49,50)/b53-51+,54-52+. The molecule has 0 saturated heterocycles. The molecule has 19 nitrogen and oxygen atoms in total. The van der Waals surface area contributed by atoms with Gasteiger partial charge in [0.1, 0.15) is 27.8 Å². The molecule has 0 aliphatic rings. The van der Waals surface area contributed by atoms with Crippen molar-refractivity contribution < 1.29 is 27.6 Å². The van der Waals surface area contributed by atoms with Gasteiger partial charge in [-0.15, -0.1) is 20.5 Å². The van der Waals surface area contributed by atoms with Gasteiger partial charge in [0, 0.05) is 49.1 Å². The van der Waals surface area contributed by atoms with Crippen molar-refractivity contribution in [1.82, 2.24) is 24.9 Å². The molecule has 0 unspecified atom stereocenters. The fourth-order valence-electron chi connectivity index (χ4n) is 6.62. The van der Waals surface area contributed by atoms with Gasteiger partial charge in [-0.2, -0.15) is 23.4 Å². The van der Waals surface area contributed by atoms with Crippen LogP contribution in [0.15, 0.2) is 85.1 Å². The third kappa shape index (κ3) is 11.2. The first-order chi connectivity index (χ1) is 31.8. The van der Waals surface area contributed by atoms with Crippen LogP contribution in [-0.2, 0) is 10.1 Å². The fourth-order valence-corrected chi connectivity index (χ4v) is 10.2. The van der Waals surface area contributed by atoms with Crippen molar-refractivity contribution in [2.75, 3.05) is 73.2 Å². The second-order valence-electron chi connectivity index (χ2n) is 13.7. The van der Waals surface area contributed by atoms with Crippen LogP contribution in [0.3, 0.4) is 0 Å². The molecule has 25 heteroatoms. The smallest absolute Gasteiger partial charge is 0.296 e. The van der Waals surface area contributed by atoms with Crippen LogP contribution in [0, 0.1) is 0 Å². The molecule has 0 aliphatic heterocycles. The number of halogens is 2. The van der Waals surface area contributed by atoms with E-state index in [0.717, 1.165) is 32.9 Å². The van der Waals surface area contributed by atoms with Gasteiger partial charge in [0.25, 0.3) is 10.1 Å². The monoisotopic (exact) mass is 1010 g/mol. The highest BCUT2D eigenvalue weighted by atomic mass is 35.5. The third-order valence-electron chi connectivity index (χ3n) is 9.77. The Kier molecular flexibility index (Phi) is 15.7. The zero-order chi connectivity index (χ0) is 47.1. The summed E-state index contributed by atoms with van der Waals surface area (Å²) >= 11 is 16.1. The molecule has 0 aliphatic carbocycles. The summed E-state index contributed by atoms with van der Waals surface area (Å²) < 4.78 is 46.5. The summed E-state index contributed by atoms with van der Waals surface area (Å²) in [6.45, 7) is 10.8. The minimum absolute atomic E-state index is 0.124. The number of anilines is 6. The maximum atomic E-state index is 11.9. The zero-order valence-corrected chi connectivity index (χ0v) is 41.1. The molecule has 3 heterocycles. The first-order valence-corrected chi connectivity index (χ1v) is 25.0. The van der Waals surface area contributed by atoms with Crippen LogP contribution < -0.4 is 29.9 Å². The minimum atomic E-state index is -4.59. The molecule has 4 aromatic carbocycles. The summed E-state index contributed by atoms with van der Waals surface area (Å²) in [6, 6.07) is 15.2. The van der Waals surface area contributed by atoms with Gasteiger partial charge in [0.15, 0.2) is 5.16 Å². The van der Waals surface area contributed by atoms with E-state index in [2.05, 4.69) is 50.9 Å². The Morgan fingerprint density at radius 1 is 0.697 bits per heavy atom. The van der Waals surface area contributed by atoms with Gasteiger partial charge >= 0.3 is 0 Å². The number of nitrogens with one attached hydrogen (secondary N) is 2. The maximum absolute atomic E-state index is 11.9. The van der Waals surface area contributed by atoms with Crippen molar-refractivity contribution in [3.8, 4) is 11.5 Å². The Labute approximate surface area is 402 Å². The summed E-state index contributed by atoms with van der Waals surface area (Å²) in [5.41, 5.74) is 4.22. The number of aromatic nitrogens is 5. The Balaban J connectivity index is 1.31. The van der Waals surface area contributed by atoms with Crippen LogP contribution in [-0.4, -0.2) is 95.8 Å². The van der Waals surface area contributed by atoms with E-state index in [1.54, 1.807) is 32.4 Å². The van der Waals surface area contributed by atoms with E-state index < -0.39 is 15.0 Å². The molecule has 4 N–H and O–H groups in total. The molecular formula is C41H43Cl2N13O6S4. The van der Waals surface area contributed by atoms with Gasteiger partial charge < -0.3 is 35.0 Å². The molecule has 7 aromatic rings. The van der Waals surface area contributed by atoms with Gasteiger partial charge in [0.2, 0.25) is 22.2 Å². The van der Waals surface area contributed by atoms with Gasteiger partial charge in [-0.25, -0.2) is 9.97 Å². The molecular weight excluding hydrogens is 970 g/mol. The average Bonchev–Trinajstić information content (AvgIpc) is 3.90. The highest BCUT2D eigenvalue weighted by molar-refractivity contribution is 7.99. The number of aliphatic hydroxyl groups is 1. The van der Waals surface area contributed by atoms with E-state index >= 15 is 0 Å². The second-order valence-corrected chi connectivity index (χ2v) is 19.1. The molecule has 3 aromatic heterocycles. The first kappa shape index (κ1) is 48.4. The van der Waals surface area contributed by atoms with Gasteiger partial charge in [0.05, 0.1) is 69.0 Å². The van der Waals surface area contributed by atoms with Crippen LogP contribution in [0.25, 0.3) is 20.4 Å². The van der Waals surface area contributed by atoms with Crippen molar-refractivity contribution in [3.05, 3.63) is 64.6 Å². The van der Waals surface area contributed by atoms with Crippen LogP contribution in [0.5, 0.6) is 11.5 Å². The Morgan fingerprint density at radius 2 is 1.21 bits per heavy atom. The number of ether oxygens (including phenoxy) is 2. The molecule has 0 bridgehead atoms. The Bertz CT molecular complexity index is 3060. The first-order valence-electron chi connectivity index (χ1n) is 20.2. The largest absolute Gasteiger partial charge is 0.494 e. The molecule has 0 radical (unpaired) electrons. The van der Waals surface area contributed by atoms with Crippen molar-refractivity contribution in [2.24, 2.45) is 20.5 Å². The summed E-state index contributed by atoms with van der Waals surface area (Å²) in [5, 5.41) is 35.9. The Morgan fingerprint density at radius 3 is 1.70 bits per heavy atom. The lowest BCUT2D eigenvalue weighted by atomic mass is 10.2. The Hall–Kier alpha value is -5.53. The van der Waals surface area contributed by atoms with Crippen molar-refractivity contribution in [3.63, 3.8) is 0 Å². The molecule has 66 heavy (non-hydrogen) atoms. The van der Waals surface area contributed by atoms with Crippen molar-refractivity contribution in [2.45, 2.75) is 37.7 Å².